The van der Waals surface area contributed by atoms with E-state index < -0.39 is 11.7 Å². The van der Waals surface area contributed by atoms with Crippen molar-refractivity contribution in [3.05, 3.63) is 57.2 Å². The predicted molar refractivity (Wildman–Crippen MR) is 110 cm³/mol. The molecule has 0 fully saturated rings. The minimum atomic E-state index is -4.59. The van der Waals surface area contributed by atoms with Crippen molar-refractivity contribution in [1.29, 1.82) is 5.26 Å². The number of aromatic nitrogens is 1. The SMILES string of the molecule is CC(C)(C)[C@@H]1CCc2nc(SCc3ccc(Cl)cc3)c(C#N)c(C(F)(F)F)c2C1. The summed E-state index contributed by atoms with van der Waals surface area (Å²) in [4.78, 5) is 4.52. The van der Waals surface area contributed by atoms with Crippen LogP contribution in [0.4, 0.5) is 13.2 Å². The average Bonchev–Trinajstić information content (AvgIpc) is 2.64. The molecule has 1 atom stereocenters. The van der Waals surface area contributed by atoms with Gasteiger partial charge in [-0.05, 0) is 53.9 Å². The van der Waals surface area contributed by atoms with Crippen molar-refractivity contribution >= 4 is 23.4 Å². The first-order chi connectivity index (χ1) is 13.5. The zero-order valence-corrected chi connectivity index (χ0v) is 18.1. The van der Waals surface area contributed by atoms with E-state index >= 15 is 0 Å². The number of nitrogens with zero attached hydrogens (tertiary/aromatic N) is 2. The molecule has 0 saturated heterocycles. The van der Waals surface area contributed by atoms with Crippen molar-refractivity contribution < 1.29 is 13.2 Å². The zero-order valence-electron chi connectivity index (χ0n) is 16.5. The van der Waals surface area contributed by atoms with Crippen molar-refractivity contribution in [2.45, 2.75) is 57.0 Å². The standard InChI is InChI=1S/C22H22ClF3N2S/c1-21(2,3)14-6-9-18-16(10-14)19(22(24,25)26)17(11-27)20(28-18)29-12-13-4-7-15(23)8-5-13/h4-5,7-8,14H,6,9-10,12H2,1-3H3/t14-/m1/s1. The van der Waals surface area contributed by atoms with Crippen LogP contribution in [0.5, 0.6) is 0 Å². The smallest absolute Gasteiger partial charge is 0.245 e. The van der Waals surface area contributed by atoms with Crippen molar-refractivity contribution in [2.75, 3.05) is 0 Å². The molecule has 7 heteroatoms. The summed E-state index contributed by atoms with van der Waals surface area (Å²) >= 11 is 7.05. The number of benzene rings is 1. The van der Waals surface area contributed by atoms with Crippen LogP contribution in [0.1, 0.15) is 55.1 Å². The van der Waals surface area contributed by atoms with E-state index in [1.165, 1.54) is 0 Å². The summed E-state index contributed by atoms with van der Waals surface area (Å²) < 4.78 is 42.1. The van der Waals surface area contributed by atoms with Crippen LogP contribution in [0.3, 0.4) is 0 Å². The van der Waals surface area contributed by atoms with Gasteiger partial charge in [0.05, 0.1) is 11.1 Å². The molecule has 154 valence electrons. The van der Waals surface area contributed by atoms with Crippen LogP contribution >= 0.6 is 23.4 Å². The number of nitriles is 1. The first-order valence-electron chi connectivity index (χ1n) is 9.41. The number of halogens is 4. The molecule has 0 spiro atoms. The van der Waals surface area contributed by atoms with Gasteiger partial charge in [-0.15, -0.1) is 11.8 Å². The molecule has 0 amide bonds. The van der Waals surface area contributed by atoms with E-state index in [9.17, 15) is 18.4 Å². The Hall–Kier alpha value is -1.71. The molecular formula is C22H22ClF3N2S. The second-order valence-electron chi connectivity index (χ2n) is 8.42. The van der Waals surface area contributed by atoms with Gasteiger partial charge in [0.15, 0.2) is 0 Å². The van der Waals surface area contributed by atoms with E-state index in [1.54, 1.807) is 18.2 Å². The number of pyridine rings is 1. The first kappa shape index (κ1) is 22.0. The highest BCUT2D eigenvalue weighted by Crippen LogP contribution is 2.45. The van der Waals surface area contributed by atoms with Crippen molar-refractivity contribution in [3.8, 4) is 6.07 Å². The minimum Gasteiger partial charge on any atom is -0.245 e. The van der Waals surface area contributed by atoms with Gasteiger partial charge >= 0.3 is 6.18 Å². The fourth-order valence-corrected chi connectivity index (χ4v) is 4.82. The number of hydrogen-bond acceptors (Lipinski definition) is 3. The van der Waals surface area contributed by atoms with Crippen LogP contribution in [-0.4, -0.2) is 4.98 Å². The molecule has 0 unspecified atom stereocenters. The molecule has 0 radical (unpaired) electrons. The zero-order chi connectivity index (χ0) is 21.4. The summed E-state index contributed by atoms with van der Waals surface area (Å²) in [7, 11) is 0. The Bertz CT molecular complexity index is 941. The first-order valence-corrected chi connectivity index (χ1v) is 10.8. The van der Waals surface area contributed by atoms with Crippen molar-refractivity contribution in [2.24, 2.45) is 11.3 Å². The molecule has 2 aromatic rings. The van der Waals surface area contributed by atoms with Crippen LogP contribution in [0, 0.1) is 22.7 Å². The van der Waals surface area contributed by atoms with E-state index in [0.29, 0.717) is 29.3 Å². The monoisotopic (exact) mass is 438 g/mol. The summed E-state index contributed by atoms with van der Waals surface area (Å²) in [5.41, 5.74) is 0.341. The molecule has 2 nitrogen and oxygen atoms in total. The number of alkyl halides is 3. The molecule has 1 aliphatic rings. The summed E-state index contributed by atoms with van der Waals surface area (Å²) in [6.45, 7) is 6.14. The summed E-state index contributed by atoms with van der Waals surface area (Å²) in [6, 6.07) is 8.90. The lowest BCUT2D eigenvalue weighted by molar-refractivity contribution is -0.139. The Morgan fingerprint density at radius 1 is 1.21 bits per heavy atom. The predicted octanol–water partition coefficient (Wildman–Crippen LogP) is 7.07. The Labute approximate surface area is 178 Å². The van der Waals surface area contributed by atoms with Gasteiger partial charge in [0.2, 0.25) is 0 Å². The van der Waals surface area contributed by atoms with Crippen molar-refractivity contribution in [3.63, 3.8) is 0 Å². The molecule has 0 N–H and O–H groups in total. The second kappa shape index (κ2) is 8.20. The fraction of sp³-hybridized carbons (Fsp3) is 0.455. The topological polar surface area (TPSA) is 36.7 Å². The highest BCUT2D eigenvalue weighted by atomic mass is 35.5. The Morgan fingerprint density at radius 3 is 2.41 bits per heavy atom. The van der Waals surface area contributed by atoms with E-state index in [1.807, 2.05) is 32.9 Å². The third kappa shape index (κ3) is 4.90. The van der Waals surface area contributed by atoms with Gasteiger partial charge in [-0.2, -0.15) is 18.4 Å². The maximum atomic E-state index is 14.0. The van der Waals surface area contributed by atoms with E-state index in [4.69, 9.17) is 11.6 Å². The van der Waals surface area contributed by atoms with Crippen molar-refractivity contribution in [1.82, 2.24) is 4.98 Å². The van der Waals surface area contributed by atoms with Crippen LogP contribution in [0.25, 0.3) is 0 Å². The number of fused-ring (bicyclic) bond motifs is 1. The molecule has 1 aliphatic carbocycles. The molecule has 1 aromatic carbocycles. The summed E-state index contributed by atoms with van der Waals surface area (Å²) in [6.07, 6.45) is -2.99. The quantitative estimate of drug-likeness (QED) is 0.481. The van der Waals surface area contributed by atoms with Gasteiger partial charge in [-0.25, -0.2) is 4.98 Å². The minimum absolute atomic E-state index is 0.102. The number of rotatable bonds is 3. The number of aryl methyl sites for hydroxylation is 1. The number of thioether (sulfide) groups is 1. The van der Waals surface area contributed by atoms with Gasteiger partial charge in [-0.1, -0.05) is 44.5 Å². The molecule has 1 aromatic heterocycles. The summed E-state index contributed by atoms with van der Waals surface area (Å²) in [5.74, 6) is 0.538. The highest BCUT2D eigenvalue weighted by molar-refractivity contribution is 7.98. The van der Waals surface area contributed by atoms with E-state index in [0.717, 1.165) is 23.7 Å². The maximum absolute atomic E-state index is 14.0. The van der Waals surface area contributed by atoms with Crippen LogP contribution in [-0.2, 0) is 24.8 Å². The molecule has 3 rings (SSSR count). The lowest BCUT2D eigenvalue weighted by Gasteiger charge is -2.36. The van der Waals surface area contributed by atoms with E-state index in [-0.39, 0.29) is 27.5 Å². The molecule has 0 aliphatic heterocycles. The van der Waals surface area contributed by atoms with Gasteiger partial charge < -0.3 is 0 Å². The molecule has 0 saturated carbocycles. The van der Waals surface area contributed by atoms with Gasteiger partial charge in [0.25, 0.3) is 0 Å². The lowest BCUT2D eigenvalue weighted by Crippen LogP contribution is -2.30. The largest absolute Gasteiger partial charge is 0.418 e. The summed E-state index contributed by atoms with van der Waals surface area (Å²) in [5, 5.41) is 10.4. The van der Waals surface area contributed by atoms with Gasteiger partial charge in [0, 0.05) is 16.5 Å². The maximum Gasteiger partial charge on any atom is 0.418 e. The third-order valence-corrected chi connectivity index (χ3v) is 6.74. The number of hydrogen-bond donors (Lipinski definition) is 0. The molecule has 29 heavy (non-hydrogen) atoms. The Morgan fingerprint density at radius 2 is 1.86 bits per heavy atom. The molecule has 0 bridgehead atoms. The third-order valence-electron chi connectivity index (χ3n) is 5.44. The van der Waals surface area contributed by atoms with Crippen LogP contribution in [0.15, 0.2) is 29.3 Å². The van der Waals surface area contributed by atoms with Gasteiger partial charge in [0.1, 0.15) is 11.1 Å². The van der Waals surface area contributed by atoms with Crippen LogP contribution < -0.4 is 0 Å². The average molecular weight is 439 g/mol. The highest BCUT2D eigenvalue weighted by Gasteiger charge is 2.42. The van der Waals surface area contributed by atoms with Crippen LogP contribution in [0.2, 0.25) is 5.02 Å². The molecular weight excluding hydrogens is 417 g/mol. The second-order valence-corrected chi connectivity index (χ2v) is 9.82. The van der Waals surface area contributed by atoms with Gasteiger partial charge in [-0.3, -0.25) is 0 Å². The molecule has 1 heterocycles. The van der Waals surface area contributed by atoms with E-state index in [2.05, 4.69) is 4.98 Å². The fourth-order valence-electron chi connectivity index (χ4n) is 3.73. The Balaban J connectivity index is 2.03. The lowest BCUT2D eigenvalue weighted by atomic mass is 9.70. The Kier molecular flexibility index (Phi) is 6.21. The normalized spacial score (nSPS) is 17.0.